The molecular formula is C23H27N7O2S. The zero-order chi connectivity index (χ0) is 22.8. The molecule has 33 heavy (non-hydrogen) atoms. The van der Waals surface area contributed by atoms with E-state index in [2.05, 4.69) is 32.2 Å². The van der Waals surface area contributed by atoms with Gasteiger partial charge in [0.15, 0.2) is 16.4 Å². The number of aryl methyl sites for hydroxylation is 1. The molecular weight excluding hydrogens is 438 g/mol. The SMILES string of the molecule is CCCCc1ccc(NC(=O)Cn2nc3c4sc(N5CCCCC5)nc4ncn3c2=O)cc1. The standard InChI is InChI=1S/C23H27N7O2S/c1-2-3-7-16-8-10-17(11-9-16)25-18(31)14-30-23(32)29-15-24-20-19(21(29)27-30)33-22(26-20)28-12-5-4-6-13-28/h8-11,15H,2-7,12-14H2,1H3,(H,25,31). The van der Waals surface area contributed by atoms with Crippen LogP contribution in [0.15, 0.2) is 35.4 Å². The van der Waals surface area contributed by atoms with E-state index in [0.717, 1.165) is 55.0 Å². The Morgan fingerprint density at radius 3 is 2.70 bits per heavy atom. The van der Waals surface area contributed by atoms with Crippen LogP contribution >= 0.6 is 11.3 Å². The highest BCUT2D eigenvalue weighted by molar-refractivity contribution is 7.22. The van der Waals surface area contributed by atoms with E-state index in [-0.39, 0.29) is 12.5 Å². The molecule has 1 fully saturated rings. The molecule has 0 saturated carbocycles. The first kappa shape index (κ1) is 21.6. The molecule has 4 heterocycles. The predicted octanol–water partition coefficient (Wildman–Crippen LogP) is 3.47. The summed E-state index contributed by atoms with van der Waals surface area (Å²) >= 11 is 1.50. The summed E-state index contributed by atoms with van der Waals surface area (Å²) in [5.74, 6) is -0.302. The number of piperidine rings is 1. The lowest BCUT2D eigenvalue weighted by Crippen LogP contribution is -2.29. The number of rotatable bonds is 7. The Labute approximate surface area is 195 Å². The van der Waals surface area contributed by atoms with Gasteiger partial charge in [0.1, 0.15) is 17.6 Å². The second kappa shape index (κ2) is 9.30. The molecule has 1 aromatic carbocycles. The number of anilines is 2. The van der Waals surface area contributed by atoms with Gasteiger partial charge in [-0.15, -0.1) is 5.10 Å². The van der Waals surface area contributed by atoms with Gasteiger partial charge in [0, 0.05) is 18.8 Å². The molecule has 1 aliphatic rings. The summed E-state index contributed by atoms with van der Waals surface area (Å²) in [6.07, 6.45) is 8.32. The number of carbonyl (C=O) groups excluding carboxylic acids is 1. The molecule has 0 unspecified atom stereocenters. The van der Waals surface area contributed by atoms with E-state index < -0.39 is 5.69 Å². The van der Waals surface area contributed by atoms with Gasteiger partial charge in [0.2, 0.25) is 5.91 Å². The number of hydrogen-bond acceptors (Lipinski definition) is 7. The lowest BCUT2D eigenvalue weighted by atomic mass is 10.1. The van der Waals surface area contributed by atoms with Crippen molar-refractivity contribution < 1.29 is 4.79 Å². The van der Waals surface area contributed by atoms with Crippen LogP contribution < -0.4 is 15.9 Å². The third-order valence-corrected chi connectivity index (χ3v) is 7.05. The maximum Gasteiger partial charge on any atom is 0.352 e. The first-order valence-electron chi connectivity index (χ1n) is 11.5. The van der Waals surface area contributed by atoms with Crippen LogP contribution in [-0.2, 0) is 17.8 Å². The first-order chi connectivity index (χ1) is 16.1. The van der Waals surface area contributed by atoms with Crippen molar-refractivity contribution in [3.63, 3.8) is 0 Å². The van der Waals surface area contributed by atoms with Crippen LogP contribution in [0.4, 0.5) is 10.8 Å². The minimum atomic E-state index is -0.391. The fraction of sp³-hybridized carbons (Fsp3) is 0.435. The van der Waals surface area contributed by atoms with Crippen molar-refractivity contribution in [3.8, 4) is 0 Å². The average molecular weight is 466 g/mol. The van der Waals surface area contributed by atoms with Crippen molar-refractivity contribution in [2.45, 2.75) is 52.0 Å². The quantitative estimate of drug-likeness (QED) is 0.449. The van der Waals surface area contributed by atoms with Gasteiger partial charge in [-0.2, -0.15) is 4.98 Å². The van der Waals surface area contributed by atoms with Crippen molar-refractivity contribution in [1.82, 2.24) is 24.1 Å². The maximum absolute atomic E-state index is 12.8. The highest BCUT2D eigenvalue weighted by Crippen LogP contribution is 2.31. The Bertz CT molecular complexity index is 1330. The number of nitrogens with one attached hydrogen (secondary N) is 1. The van der Waals surface area contributed by atoms with E-state index in [4.69, 9.17) is 0 Å². The molecule has 1 N–H and O–H groups in total. The zero-order valence-corrected chi connectivity index (χ0v) is 19.5. The molecule has 5 rings (SSSR count). The van der Waals surface area contributed by atoms with Crippen molar-refractivity contribution in [3.05, 3.63) is 46.6 Å². The normalized spacial score (nSPS) is 14.3. The number of thiazole rings is 1. The Kier molecular flexibility index (Phi) is 6.08. The highest BCUT2D eigenvalue weighted by atomic mass is 32.1. The molecule has 1 aliphatic heterocycles. The van der Waals surface area contributed by atoms with E-state index >= 15 is 0 Å². The van der Waals surface area contributed by atoms with Gasteiger partial charge in [-0.3, -0.25) is 4.79 Å². The molecule has 0 spiro atoms. The summed E-state index contributed by atoms with van der Waals surface area (Å²) in [7, 11) is 0. The smallest absolute Gasteiger partial charge is 0.348 e. The van der Waals surface area contributed by atoms with Crippen LogP contribution in [0.25, 0.3) is 16.0 Å². The molecule has 9 nitrogen and oxygen atoms in total. The molecule has 3 aromatic heterocycles. The Morgan fingerprint density at radius 2 is 1.94 bits per heavy atom. The molecule has 0 bridgehead atoms. The third kappa shape index (κ3) is 4.47. The number of benzene rings is 1. The fourth-order valence-electron chi connectivity index (χ4n) is 4.12. The van der Waals surface area contributed by atoms with Gasteiger partial charge >= 0.3 is 5.69 Å². The second-order valence-electron chi connectivity index (χ2n) is 8.42. The van der Waals surface area contributed by atoms with Crippen LogP contribution in [0.3, 0.4) is 0 Å². The monoisotopic (exact) mass is 465 g/mol. The molecule has 4 aromatic rings. The zero-order valence-electron chi connectivity index (χ0n) is 18.7. The molecule has 0 atom stereocenters. The summed E-state index contributed by atoms with van der Waals surface area (Å²) in [6.45, 7) is 3.96. The fourth-order valence-corrected chi connectivity index (χ4v) is 5.17. The van der Waals surface area contributed by atoms with Crippen molar-refractivity contribution in [2.75, 3.05) is 23.3 Å². The van der Waals surface area contributed by atoms with E-state index in [0.29, 0.717) is 17.0 Å². The average Bonchev–Trinajstić information content (AvgIpc) is 3.41. The van der Waals surface area contributed by atoms with Gasteiger partial charge in [-0.1, -0.05) is 36.8 Å². The molecule has 1 amide bonds. The second-order valence-corrected chi connectivity index (χ2v) is 9.40. The van der Waals surface area contributed by atoms with Crippen LogP contribution in [0, 0.1) is 0 Å². The Morgan fingerprint density at radius 1 is 1.15 bits per heavy atom. The summed E-state index contributed by atoms with van der Waals surface area (Å²) in [5.41, 5.74) is 2.63. The number of nitrogens with zero attached hydrogens (tertiary/aromatic N) is 6. The van der Waals surface area contributed by atoms with E-state index in [9.17, 15) is 9.59 Å². The minimum Gasteiger partial charge on any atom is -0.348 e. The van der Waals surface area contributed by atoms with Crippen LogP contribution in [0.5, 0.6) is 0 Å². The first-order valence-corrected chi connectivity index (χ1v) is 12.3. The number of aromatic nitrogens is 5. The minimum absolute atomic E-state index is 0.169. The number of fused-ring (bicyclic) bond motifs is 3. The van der Waals surface area contributed by atoms with E-state index in [1.165, 1.54) is 38.7 Å². The van der Waals surface area contributed by atoms with Crippen molar-refractivity contribution in [2.24, 2.45) is 0 Å². The molecule has 0 aliphatic carbocycles. The topological polar surface area (TPSA) is 97.4 Å². The Hall–Kier alpha value is -3.27. The van der Waals surface area contributed by atoms with Gasteiger partial charge < -0.3 is 10.2 Å². The van der Waals surface area contributed by atoms with E-state index in [1.54, 1.807) is 0 Å². The van der Waals surface area contributed by atoms with Gasteiger partial charge in [-0.25, -0.2) is 18.9 Å². The van der Waals surface area contributed by atoms with Gasteiger partial charge in [0.05, 0.1) is 0 Å². The molecule has 172 valence electrons. The van der Waals surface area contributed by atoms with Crippen molar-refractivity contribution in [1.29, 1.82) is 0 Å². The number of amides is 1. The number of carbonyl (C=O) groups is 1. The Balaban J connectivity index is 1.35. The lowest BCUT2D eigenvalue weighted by Gasteiger charge is -2.25. The molecule has 1 saturated heterocycles. The third-order valence-electron chi connectivity index (χ3n) is 5.94. The van der Waals surface area contributed by atoms with E-state index in [1.807, 2.05) is 24.3 Å². The largest absolute Gasteiger partial charge is 0.352 e. The van der Waals surface area contributed by atoms with Crippen LogP contribution in [-0.4, -0.2) is 43.1 Å². The number of unbranched alkanes of at least 4 members (excludes halogenated alkanes) is 1. The summed E-state index contributed by atoms with van der Waals surface area (Å²) in [6, 6.07) is 7.83. The number of hydrogen-bond donors (Lipinski definition) is 1. The van der Waals surface area contributed by atoms with Crippen LogP contribution in [0.2, 0.25) is 0 Å². The summed E-state index contributed by atoms with van der Waals surface area (Å²) in [5, 5.41) is 8.21. The highest BCUT2D eigenvalue weighted by Gasteiger charge is 2.20. The summed E-state index contributed by atoms with van der Waals surface area (Å²) < 4.78 is 3.33. The molecule has 0 radical (unpaired) electrons. The van der Waals surface area contributed by atoms with Gasteiger partial charge in [0.25, 0.3) is 0 Å². The van der Waals surface area contributed by atoms with Crippen LogP contribution in [0.1, 0.15) is 44.6 Å². The van der Waals surface area contributed by atoms with Gasteiger partial charge in [-0.05, 0) is 49.8 Å². The predicted molar refractivity (Wildman–Crippen MR) is 130 cm³/mol. The van der Waals surface area contributed by atoms with Crippen molar-refractivity contribution >= 4 is 44.1 Å². The maximum atomic E-state index is 12.8. The lowest BCUT2D eigenvalue weighted by molar-refractivity contribution is -0.117. The summed E-state index contributed by atoms with van der Waals surface area (Å²) in [4.78, 5) is 36.7. The molecule has 10 heteroatoms.